The van der Waals surface area contributed by atoms with Crippen LogP contribution in [0.15, 0.2) is 20.0 Å². The number of hydrogen-bond acceptors (Lipinski definition) is 4. The van der Waals surface area contributed by atoms with E-state index in [0.717, 1.165) is 38.8 Å². The highest BCUT2D eigenvalue weighted by atomic mass is 79.9. The zero-order valence-electron chi connectivity index (χ0n) is 12.0. The van der Waals surface area contributed by atoms with Crippen LogP contribution in [0, 0.1) is 0 Å². The van der Waals surface area contributed by atoms with Gasteiger partial charge in [-0.1, -0.05) is 11.6 Å². The first kappa shape index (κ1) is 15.6. The van der Waals surface area contributed by atoms with Crippen LogP contribution >= 0.6 is 50.2 Å². The molecular weight excluding hydrogens is 416 g/mol. The smallest absolute Gasteiger partial charge is 0.260 e. The zero-order chi connectivity index (χ0) is 16.0. The van der Waals surface area contributed by atoms with Crippen LogP contribution in [0.1, 0.15) is 34.7 Å². The van der Waals surface area contributed by atoms with Crippen molar-refractivity contribution in [2.24, 2.45) is 0 Å². The van der Waals surface area contributed by atoms with E-state index >= 15 is 0 Å². The third kappa shape index (κ3) is 2.93. The van der Waals surface area contributed by atoms with E-state index in [0.29, 0.717) is 10.9 Å². The summed E-state index contributed by atoms with van der Waals surface area (Å²) >= 11 is 13.0. The molecular formula is C16H12BrClN2OS2. The molecule has 1 N–H and O–H groups in total. The van der Waals surface area contributed by atoms with Crippen LogP contribution < -0.4 is 5.56 Å². The summed E-state index contributed by atoms with van der Waals surface area (Å²) in [5, 5.41) is 3.20. The predicted octanol–water partition coefficient (Wildman–Crippen LogP) is 5.42. The summed E-state index contributed by atoms with van der Waals surface area (Å²) in [7, 11) is 0. The van der Waals surface area contributed by atoms with Crippen LogP contribution in [-0.2, 0) is 12.8 Å². The normalized spacial score (nSPS) is 15.1. The molecule has 0 aromatic carbocycles. The summed E-state index contributed by atoms with van der Waals surface area (Å²) in [4.78, 5) is 22.1. The number of fused-ring (bicyclic) bond motifs is 3. The van der Waals surface area contributed by atoms with Gasteiger partial charge in [0.25, 0.3) is 5.56 Å². The van der Waals surface area contributed by atoms with Gasteiger partial charge in [-0.3, -0.25) is 4.79 Å². The van der Waals surface area contributed by atoms with Gasteiger partial charge in [0.15, 0.2) is 5.82 Å². The molecule has 4 rings (SSSR count). The van der Waals surface area contributed by atoms with Gasteiger partial charge >= 0.3 is 0 Å². The average molecular weight is 428 g/mol. The Morgan fingerprint density at radius 3 is 3.00 bits per heavy atom. The lowest BCUT2D eigenvalue weighted by Crippen LogP contribution is -2.12. The molecule has 7 heteroatoms. The van der Waals surface area contributed by atoms with E-state index < -0.39 is 0 Å². The fourth-order valence-electron chi connectivity index (χ4n) is 2.89. The summed E-state index contributed by atoms with van der Waals surface area (Å²) in [5.41, 5.74) is 2.10. The first-order valence-electron chi connectivity index (χ1n) is 7.28. The molecule has 0 radical (unpaired) electrons. The highest BCUT2D eigenvalue weighted by Gasteiger charge is 2.20. The minimum atomic E-state index is -0.0811. The first-order chi connectivity index (χ1) is 11.1. The molecule has 0 amide bonds. The number of nitrogens with one attached hydrogen (secondary N) is 1. The standard InChI is InChI=1S/C16H12BrClN2OS2/c17-12-6-8(7-22-12)5-10(18)14-19-15(21)13-9-3-1-2-4-11(9)23-16(13)20-14/h5-7H,1-4H2,(H,19,20,21)/b10-5-. The summed E-state index contributed by atoms with van der Waals surface area (Å²) in [6.07, 6.45) is 6.19. The maximum absolute atomic E-state index is 12.5. The van der Waals surface area contributed by atoms with Crippen molar-refractivity contribution in [3.05, 3.63) is 47.4 Å². The molecule has 3 nitrogen and oxygen atoms in total. The highest BCUT2D eigenvalue weighted by Crippen LogP contribution is 2.34. The van der Waals surface area contributed by atoms with Crippen molar-refractivity contribution in [2.75, 3.05) is 0 Å². The van der Waals surface area contributed by atoms with E-state index in [1.807, 2.05) is 17.5 Å². The third-order valence-corrected chi connectivity index (χ3v) is 6.93. The molecule has 3 aromatic heterocycles. The Hall–Kier alpha value is -0.950. The molecule has 0 aliphatic heterocycles. The molecule has 0 saturated heterocycles. The molecule has 3 heterocycles. The minimum absolute atomic E-state index is 0.0811. The Balaban J connectivity index is 1.82. The topological polar surface area (TPSA) is 45.8 Å². The summed E-state index contributed by atoms with van der Waals surface area (Å²) in [6.45, 7) is 0. The van der Waals surface area contributed by atoms with Gasteiger partial charge in [-0.25, -0.2) is 4.98 Å². The van der Waals surface area contributed by atoms with Gasteiger partial charge in [0.05, 0.1) is 14.2 Å². The van der Waals surface area contributed by atoms with Crippen LogP contribution in [0.2, 0.25) is 0 Å². The Morgan fingerprint density at radius 2 is 2.22 bits per heavy atom. The Morgan fingerprint density at radius 1 is 1.39 bits per heavy atom. The number of nitrogens with zero attached hydrogens (tertiary/aromatic N) is 1. The molecule has 0 fully saturated rings. The van der Waals surface area contributed by atoms with Gasteiger partial charge in [0.2, 0.25) is 0 Å². The lowest BCUT2D eigenvalue weighted by atomic mass is 9.97. The second-order valence-corrected chi connectivity index (χ2v) is 9.26. The number of H-pyrrole nitrogens is 1. The molecule has 3 aromatic rings. The second-order valence-electron chi connectivity index (χ2n) is 5.48. The van der Waals surface area contributed by atoms with Crippen molar-refractivity contribution < 1.29 is 0 Å². The van der Waals surface area contributed by atoms with Crippen molar-refractivity contribution >= 4 is 71.5 Å². The fourth-order valence-corrected chi connectivity index (χ4v) is 5.50. The molecule has 118 valence electrons. The zero-order valence-corrected chi connectivity index (χ0v) is 16.0. The maximum Gasteiger partial charge on any atom is 0.260 e. The molecule has 1 aliphatic carbocycles. The Labute approximate surface area is 154 Å². The van der Waals surface area contributed by atoms with E-state index in [9.17, 15) is 4.79 Å². The number of aromatic amines is 1. The monoisotopic (exact) mass is 426 g/mol. The van der Waals surface area contributed by atoms with Gasteiger partial charge in [0, 0.05) is 4.88 Å². The van der Waals surface area contributed by atoms with Gasteiger partial charge in [-0.15, -0.1) is 22.7 Å². The van der Waals surface area contributed by atoms with Crippen LogP contribution in [0.4, 0.5) is 0 Å². The van der Waals surface area contributed by atoms with Crippen molar-refractivity contribution in [1.29, 1.82) is 0 Å². The average Bonchev–Trinajstić information content (AvgIpc) is 3.10. The lowest BCUT2D eigenvalue weighted by Gasteiger charge is -2.09. The van der Waals surface area contributed by atoms with Crippen molar-refractivity contribution in [1.82, 2.24) is 9.97 Å². The van der Waals surface area contributed by atoms with E-state index in [1.165, 1.54) is 16.9 Å². The Kier molecular flexibility index (Phi) is 4.17. The summed E-state index contributed by atoms with van der Waals surface area (Å²) in [5.74, 6) is 0.435. The van der Waals surface area contributed by atoms with Crippen LogP contribution in [0.3, 0.4) is 0 Å². The fraction of sp³-hybridized carbons (Fsp3) is 0.250. The number of rotatable bonds is 2. The number of halogens is 2. The number of hydrogen-bond donors (Lipinski definition) is 1. The molecule has 0 atom stereocenters. The molecule has 1 aliphatic rings. The summed E-state index contributed by atoms with van der Waals surface area (Å²) in [6, 6.07) is 1.98. The van der Waals surface area contributed by atoms with Crippen LogP contribution in [0.5, 0.6) is 0 Å². The van der Waals surface area contributed by atoms with Crippen LogP contribution in [-0.4, -0.2) is 9.97 Å². The van der Waals surface area contributed by atoms with E-state index in [2.05, 4.69) is 25.9 Å². The minimum Gasteiger partial charge on any atom is -0.305 e. The van der Waals surface area contributed by atoms with E-state index in [4.69, 9.17) is 11.6 Å². The van der Waals surface area contributed by atoms with Gasteiger partial charge < -0.3 is 4.98 Å². The molecule has 23 heavy (non-hydrogen) atoms. The SMILES string of the molecule is O=c1[nH]c(/C(Cl)=C/c2csc(Br)c2)nc2sc3c(c12)CCCC3. The van der Waals surface area contributed by atoms with E-state index in [1.54, 1.807) is 22.7 Å². The molecule has 0 saturated carbocycles. The van der Waals surface area contributed by atoms with Crippen molar-refractivity contribution in [2.45, 2.75) is 25.7 Å². The second kappa shape index (κ2) is 6.16. The number of aryl methyl sites for hydroxylation is 2. The van der Waals surface area contributed by atoms with Gasteiger partial charge in [-0.2, -0.15) is 0 Å². The first-order valence-corrected chi connectivity index (χ1v) is 10.1. The lowest BCUT2D eigenvalue weighted by molar-refractivity contribution is 0.700. The Bertz CT molecular complexity index is 986. The quantitative estimate of drug-likeness (QED) is 0.593. The molecule has 0 bridgehead atoms. The van der Waals surface area contributed by atoms with Crippen molar-refractivity contribution in [3.8, 4) is 0 Å². The maximum atomic E-state index is 12.5. The number of aromatic nitrogens is 2. The van der Waals surface area contributed by atoms with Gasteiger partial charge in [-0.05, 0) is 70.3 Å². The van der Waals surface area contributed by atoms with Crippen LogP contribution in [0.25, 0.3) is 21.3 Å². The highest BCUT2D eigenvalue weighted by molar-refractivity contribution is 9.11. The predicted molar refractivity (Wildman–Crippen MR) is 103 cm³/mol. The van der Waals surface area contributed by atoms with E-state index in [-0.39, 0.29) is 5.56 Å². The third-order valence-electron chi connectivity index (χ3n) is 3.93. The summed E-state index contributed by atoms with van der Waals surface area (Å²) < 4.78 is 1.04. The van der Waals surface area contributed by atoms with Gasteiger partial charge in [0.1, 0.15) is 4.83 Å². The molecule has 0 spiro atoms. The number of thiophene rings is 2. The largest absolute Gasteiger partial charge is 0.305 e. The van der Waals surface area contributed by atoms with Crippen molar-refractivity contribution in [3.63, 3.8) is 0 Å². The molecule has 0 unspecified atom stereocenters.